The molecule has 0 bridgehead atoms. The maximum absolute atomic E-state index is 5.93. The molecule has 4 N–H and O–H groups in total. The molecule has 1 aliphatic carbocycles. The van der Waals surface area contributed by atoms with E-state index in [-0.39, 0.29) is 6.04 Å². The number of fused-ring (bicyclic) bond motifs is 1. The third-order valence-electron chi connectivity index (χ3n) is 5.88. The molecule has 0 amide bonds. The van der Waals surface area contributed by atoms with Crippen molar-refractivity contribution >= 4 is 17.3 Å². The van der Waals surface area contributed by atoms with Crippen LogP contribution < -0.4 is 21.3 Å². The van der Waals surface area contributed by atoms with E-state index in [9.17, 15) is 0 Å². The van der Waals surface area contributed by atoms with Crippen molar-refractivity contribution in [3.63, 3.8) is 0 Å². The number of nitrogens with two attached hydrogens (primary N) is 1. The van der Waals surface area contributed by atoms with Crippen molar-refractivity contribution in [2.24, 2.45) is 11.7 Å². The van der Waals surface area contributed by atoms with Crippen LogP contribution in [-0.2, 0) is 6.42 Å². The molecule has 0 aromatic carbocycles. The Morgan fingerprint density at radius 3 is 2.73 bits per heavy atom. The number of pyridine rings is 2. The number of aromatic nitrogens is 2. The Morgan fingerprint density at radius 1 is 1.20 bits per heavy atom. The van der Waals surface area contributed by atoms with Gasteiger partial charge in [0.1, 0.15) is 17.5 Å². The first-order valence-electron chi connectivity index (χ1n) is 10.9. The van der Waals surface area contributed by atoms with Crippen LogP contribution in [0.3, 0.4) is 0 Å². The van der Waals surface area contributed by atoms with Crippen LogP contribution in [0.4, 0.5) is 11.6 Å². The molecular weight excluding hydrogens is 372 g/mol. The number of nitrogens with zero attached hydrogens (tertiary/aromatic N) is 3. The average Bonchev–Trinajstić information content (AvgIpc) is 3.57. The second-order valence-electron chi connectivity index (χ2n) is 8.41. The molecule has 2 aliphatic rings. The summed E-state index contributed by atoms with van der Waals surface area (Å²) in [7, 11) is 0. The van der Waals surface area contributed by atoms with Gasteiger partial charge >= 0.3 is 0 Å². The average molecular weight is 405 g/mol. The summed E-state index contributed by atoms with van der Waals surface area (Å²) in [6.45, 7) is 12.2. The zero-order chi connectivity index (χ0) is 21.1. The lowest BCUT2D eigenvalue weighted by Crippen LogP contribution is -2.42. The maximum Gasteiger partial charge on any atom is 0.138 e. The summed E-state index contributed by atoms with van der Waals surface area (Å²) >= 11 is 0. The molecule has 30 heavy (non-hydrogen) atoms. The number of rotatable bonds is 9. The molecular formula is C24H32N6. The van der Waals surface area contributed by atoms with Crippen LogP contribution >= 0.6 is 0 Å². The smallest absolute Gasteiger partial charge is 0.138 e. The van der Waals surface area contributed by atoms with Crippen LogP contribution in [0.25, 0.3) is 5.70 Å². The number of hydrogen-bond acceptors (Lipinski definition) is 6. The molecule has 0 radical (unpaired) electrons. The number of aryl methyl sites for hydroxylation is 2. The zero-order valence-corrected chi connectivity index (χ0v) is 17.8. The summed E-state index contributed by atoms with van der Waals surface area (Å²) in [5.41, 5.74) is 10.0. The molecule has 2 aromatic heterocycles. The van der Waals surface area contributed by atoms with Gasteiger partial charge in [-0.25, -0.2) is 9.97 Å². The minimum atomic E-state index is 0.253. The zero-order valence-electron chi connectivity index (χ0n) is 17.8. The van der Waals surface area contributed by atoms with Gasteiger partial charge in [0.15, 0.2) is 0 Å². The van der Waals surface area contributed by atoms with Gasteiger partial charge in [-0.1, -0.05) is 25.3 Å². The normalized spacial score (nSPS) is 17.9. The van der Waals surface area contributed by atoms with E-state index in [4.69, 9.17) is 10.7 Å². The fraction of sp³-hybridized carbons (Fsp3) is 0.417. The van der Waals surface area contributed by atoms with E-state index in [0.29, 0.717) is 6.54 Å². The van der Waals surface area contributed by atoms with E-state index in [1.807, 2.05) is 25.3 Å². The molecule has 4 rings (SSSR count). The predicted octanol–water partition coefficient (Wildman–Crippen LogP) is 3.81. The second-order valence-corrected chi connectivity index (χ2v) is 8.41. The molecule has 158 valence electrons. The third-order valence-corrected chi connectivity index (χ3v) is 5.88. The van der Waals surface area contributed by atoms with E-state index in [2.05, 4.69) is 45.8 Å². The fourth-order valence-corrected chi connectivity index (χ4v) is 3.92. The highest BCUT2D eigenvalue weighted by molar-refractivity contribution is 5.65. The Bertz CT molecular complexity index is 916. The third kappa shape index (κ3) is 4.65. The van der Waals surface area contributed by atoms with Crippen molar-refractivity contribution in [3.8, 4) is 0 Å². The first-order chi connectivity index (χ1) is 14.5. The van der Waals surface area contributed by atoms with E-state index in [1.165, 1.54) is 18.4 Å². The van der Waals surface area contributed by atoms with Crippen molar-refractivity contribution in [1.29, 1.82) is 0 Å². The highest BCUT2D eigenvalue weighted by Crippen LogP contribution is 2.34. The first-order valence-corrected chi connectivity index (χ1v) is 10.9. The summed E-state index contributed by atoms with van der Waals surface area (Å²) < 4.78 is 0. The quantitative estimate of drug-likeness (QED) is 0.590. The number of anilines is 2. The van der Waals surface area contributed by atoms with Crippen LogP contribution in [0.2, 0.25) is 0 Å². The van der Waals surface area contributed by atoms with Crippen LogP contribution in [0.1, 0.15) is 42.5 Å². The van der Waals surface area contributed by atoms with Gasteiger partial charge in [-0.2, -0.15) is 0 Å². The highest BCUT2D eigenvalue weighted by Gasteiger charge is 2.30. The summed E-state index contributed by atoms with van der Waals surface area (Å²) in [6, 6.07) is 8.50. The standard InChI is InChI=1S/C24H32N6/c1-16-4-11-23(27-14-16)28-18(3)30-21(12-13-25)9-7-20-8-10-22(29-24(20)30)17(2)26-15-19-5-6-19/h4,8,10-11,14,19,21,26H,2-3,5-7,9,12-13,15,25H2,1H3,(H,27,28)/t21-/m1/s1. The van der Waals surface area contributed by atoms with Gasteiger partial charge in [-0.3, -0.25) is 0 Å². The molecule has 3 heterocycles. The van der Waals surface area contributed by atoms with E-state index < -0.39 is 0 Å². The van der Waals surface area contributed by atoms with Gasteiger partial charge in [-0.05, 0) is 74.8 Å². The lowest BCUT2D eigenvalue weighted by molar-refractivity contribution is 0.524. The Labute approximate surface area is 179 Å². The van der Waals surface area contributed by atoms with Gasteiger partial charge in [0.25, 0.3) is 0 Å². The Balaban J connectivity index is 1.59. The highest BCUT2D eigenvalue weighted by atomic mass is 15.3. The van der Waals surface area contributed by atoms with Crippen molar-refractivity contribution in [3.05, 3.63) is 66.3 Å². The lowest BCUT2D eigenvalue weighted by atomic mass is 9.96. The van der Waals surface area contributed by atoms with Gasteiger partial charge in [0.2, 0.25) is 0 Å². The van der Waals surface area contributed by atoms with Gasteiger partial charge in [-0.15, -0.1) is 0 Å². The Hall–Kier alpha value is -2.86. The fourth-order valence-electron chi connectivity index (χ4n) is 3.92. The van der Waals surface area contributed by atoms with Gasteiger partial charge in [0, 0.05) is 18.8 Å². The predicted molar refractivity (Wildman–Crippen MR) is 124 cm³/mol. The molecule has 6 heteroatoms. The Kier molecular flexibility index (Phi) is 6.04. The molecule has 0 spiro atoms. The largest absolute Gasteiger partial charge is 0.384 e. The van der Waals surface area contributed by atoms with Crippen LogP contribution in [0.5, 0.6) is 0 Å². The molecule has 6 nitrogen and oxygen atoms in total. The lowest BCUT2D eigenvalue weighted by Gasteiger charge is -2.39. The number of hydrogen-bond donors (Lipinski definition) is 3. The van der Waals surface area contributed by atoms with Crippen LogP contribution in [-0.4, -0.2) is 29.1 Å². The summed E-state index contributed by atoms with van der Waals surface area (Å²) in [5, 5.41) is 6.82. The molecule has 1 fully saturated rings. The van der Waals surface area contributed by atoms with Crippen molar-refractivity contribution in [2.45, 2.75) is 45.1 Å². The summed E-state index contributed by atoms with van der Waals surface area (Å²) in [5.74, 6) is 3.27. The SMILES string of the molecule is C=C(NCC1CC1)c1ccc2c(n1)N(C(=C)Nc1ccc(C)cn1)[C@@H](CCN)CC2. The van der Waals surface area contributed by atoms with Gasteiger partial charge < -0.3 is 21.3 Å². The van der Waals surface area contributed by atoms with E-state index >= 15 is 0 Å². The van der Waals surface area contributed by atoms with Crippen LogP contribution in [0, 0.1) is 12.8 Å². The molecule has 1 atom stereocenters. The maximum atomic E-state index is 5.93. The Morgan fingerprint density at radius 2 is 2.03 bits per heavy atom. The van der Waals surface area contributed by atoms with Crippen LogP contribution in [0.15, 0.2) is 49.4 Å². The summed E-state index contributed by atoms with van der Waals surface area (Å²) in [6.07, 6.45) is 7.36. The molecule has 0 unspecified atom stereocenters. The minimum Gasteiger partial charge on any atom is -0.384 e. The topological polar surface area (TPSA) is 79.1 Å². The summed E-state index contributed by atoms with van der Waals surface area (Å²) in [4.78, 5) is 11.7. The molecule has 0 saturated heterocycles. The molecule has 1 saturated carbocycles. The molecule has 2 aromatic rings. The van der Waals surface area contributed by atoms with Gasteiger partial charge in [0.05, 0.1) is 11.4 Å². The molecule has 1 aliphatic heterocycles. The van der Waals surface area contributed by atoms with Crippen molar-refractivity contribution < 1.29 is 0 Å². The second kappa shape index (κ2) is 8.88. The van der Waals surface area contributed by atoms with Crippen molar-refractivity contribution in [2.75, 3.05) is 23.3 Å². The first kappa shape index (κ1) is 20.4. The van der Waals surface area contributed by atoms with E-state index in [1.54, 1.807) is 0 Å². The minimum absolute atomic E-state index is 0.253. The van der Waals surface area contributed by atoms with Crippen molar-refractivity contribution in [1.82, 2.24) is 15.3 Å². The van der Waals surface area contributed by atoms with E-state index in [0.717, 1.165) is 66.1 Å². The monoisotopic (exact) mass is 404 g/mol. The number of nitrogens with one attached hydrogen (secondary N) is 2.